The topological polar surface area (TPSA) is 73.0 Å². The average molecular weight is 465 g/mol. The molecule has 2 atom stereocenters. The molecule has 1 aromatic carbocycles. The quantitative estimate of drug-likeness (QED) is 0.447. The molecule has 30 heavy (non-hydrogen) atoms. The van der Waals surface area contributed by atoms with Gasteiger partial charge >= 0.3 is 0 Å². The lowest BCUT2D eigenvalue weighted by Gasteiger charge is -2.19. The first-order valence-corrected chi connectivity index (χ1v) is 11.4. The highest BCUT2D eigenvalue weighted by Gasteiger charge is 2.31. The van der Waals surface area contributed by atoms with Crippen molar-refractivity contribution >= 4 is 40.9 Å². The Kier molecular flexibility index (Phi) is 6.41. The van der Waals surface area contributed by atoms with Gasteiger partial charge in [0.15, 0.2) is 5.16 Å². The van der Waals surface area contributed by atoms with Crippen molar-refractivity contribution < 1.29 is 9.21 Å². The summed E-state index contributed by atoms with van der Waals surface area (Å²) in [5, 5.41) is 13.2. The third-order valence-corrected chi connectivity index (χ3v) is 6.66. The zero-order chi connectivity index (χ0) is 21.3. The van der Waals surface area contributed by atoms with Gasteiger partial charge in [-0.05, 0) is 56.5 Å². The van der Waals surface area contributed by atoms with Gasteiger partial charge in [-0.15, -0.1) is 10.2 Å². The van der Waals surface area contributed by atoms with Crippen LogP contribution in [0.5, 0.6) is 0 Å². The maximum atomic E-state index is 12.8. The zero-order valence-corrected chi connectivity index (χ0v) is 19.0. The number of aromatic nitrogens is 3. The van der Waals surface area contributed by atoms with Crippen LogP contribution in [-0.2, 0) is 11.3 Å². The van der Waals surface area contributed by atoms with Crippen LogP contribution in [-0.4, -0.2) is 25.9 Å². The van der Waals surface area contributed by atoms with Crippen LogP contribution in [0.2, 0.25) is 10.0 Å². The summed E-state index contributed by atoms with van der Waals surface area (Å²) in [6.07, 6.45) is 3.90. The number of hydrogen-bond acceptors (Lipinski definition) is 5. The number of carbonyl (C=O) groups excluding carboxylic acids is 1. The van der Waals surface area contributed by atoms with Crippen LogP contribution in [0.15, 0.2) is 46.2 Å². The van der Waals surface area contributed by atoms with Gasteiger partial charge in [-0.2, -0.15) is 0 Å². The molecule has 2 heterocycles. The van der Waals surface area contributed by atoms with Crippen LogP contribution in [0.3, 0.4) is 0 Å². The van der Waals surface area contributed by atoms with E-state index >= 15 is 0 Å². The Labute approximate surface area is 189 Å². The van der Waals surface area contributed by atoms with E-state index in [0.717, 1.165) is 30.0 Å². The van der Waals surface area contributed by atoms with Crippen molar-refractivity contribution in [3.63, 3.8) is 0 Å². The van der Waals surface area contributed by atoms with Crippen LogP contribution in [0.4, 0.5) is 0 Å². The monoisotopic (exact) mass is 464 g/mol. The molecule has 0 bridgehead atoms. The molecule has 1 aliphatic rings. The summed E-state index contributed by atoms with van der Waals surface area (Å²) in [6.45, 7) is 4.31. The van der Waals surface area contributed by atoms with E-state index in [0.29, 0.717) is 27.7 Å². The Hall–Kier alpha value is -1.96. The van der Waals surface area contributed by atoms with E-state index in [1.54, 1.807) is 18.4 Å². The largest absolute Gasteiger partial charge is 0.467 e. The van der Waals surface area contributed by atoms with E-state index in [4.69, 9.17) is 27.6 Å². The highest BCUT2D eigenvalue weighted by Crippen LogP contribution is 2.40. The third kappa shape index (κ3) is 4.85. The highest BCUT2D eigenvalue weighted by atomic mass is 35.5. The molecule has 9 heteroatoms. The van der Waals surface area contributed by atoms with E-state index in [1.165, 1.54) is 11.8 Å². The second-order valence-electron chi connectivity index (χ2n) is 7.44. The van der Waals surface area contributed by atoms with Crippen molar-refractivity contribution in [2.75, 3.05) is 0 Å². The van der Waals surface area contributed by atoms with Crippen molar-refractivity contribution in [2.24, 2.45) is 0 Å². The van der Waals surface area contributed by atoms with Crippen LogP contribution >= 0.6 is 35.0 Å². The molecule has 6 nitrogen and oxygen atoms in total. The van der Waals surface area contributed by atoms with Crippen LogP contribution in [0.25, 0.3) is 0 Å². The van der Waals surface area contributed by atoms with Crippen molar-refractivity contribution in [3.05, 3.63) is 63.8 Å². The van der Waals surface area contributed by atoms with E-state index in [2.05, 4.69) is 20.1 Å². The van der Waals surface area contributed by atoms with E-state index in [1.807, 2.05) is 32.0 Å². The molecule has 1 aliphatic carbocycles. The number of rotatable bonds is 8. The number of nitrogens with one attached hydrogen (secondary N) is 1. The van der Waals surface area contributed by atoms with Crippen molar-refractivity contribution in [1.29, 1.82) is 0 Å². The molecule has 0 spiro atoms. The summed E-state index contributed by atoms with van der Waals surface area (Å²) in [7, 11) is 0. The van der Waals surface area contributed by atoms with Gasteiger partial charge in [0.1, 0.15) is 11.6 Å². The van der Waals surface area contributed by atoms with Crippen molar-refractivity contribution in [2.45, 2.75) is 55.6 Å². The number of furan rings is 1. The first-order valence-electron chi connectivity index (χ1n) is 9.80. The number of halogens is 2. The molecule has 1 fully saturated rings. The van der Waals surface area contributed by atoms with E-state index < -0.39 is 0 Å². The fourth-order valence-electron chi connectivity index (χ4n) is 3.21. The lowest BCUT2D eigenvalue weighted by atomic mass is 10.1. The first-order chi connectivity index (χ1) is 14.4. The fraction of sp³-hybridized carbons (Fsp3) is 0.381. The predicted molar refractivity (Wildman–Crippen MR) is 118 cm³/mol. The minimum atomic E-state index is -0.356. The Morgan fingerprint density at radius 3 is 2.77 bits per heavy atom. The minimum absolute atomic E-state index is 0.0981. The molecule has 1 N–H and O–H groups in total. The first kappa shape index (κ1) is 21.3. The van der Waals surface area contributed by atoms with Crippen LogP contribution < -0.4 is 5.32 Å². The lowest BCUT2D eigenvalue weighted by molar-refractivity contribution is -0.120. The van der Waals surface area contributed by atoms with Gasteiger partial charge in [0, 0.05) is 16.0 Å². The number of amides is 1. The predicted octanol–water partition coefficient (Wildman–Crippen LogP) is 5.46. The minimum Gasteiger partial charge on any atom is -0.467 e. The molecule has 2 unspecified atom stereocenters. The normalized spacial score (nSPS) is 15.7. The van der Waals surface area contributed by atoms with E-state index in [9.17, 15) is 4.79 Å². The Balaban J connectivity index is 1.45. The Morgan fingerprint density at radius 1 is 1.30 bits per heavy atom. The molecule has 1 amide bonds. The molecule has 0 aliphatic heterocycles. The lowest BCUT2D eigenvalue weighted by Crippen LogP contribution is -2.33. The van der Waals surface area contributed by atoms with Gasteiger partial charge in [-0.1, -0.05) is 41.0 Å². The summed E-state index contributed by atoms with van der Waals surface area (Å²) < 4.78 is 7.56. The highest BCUT2D eigenvalue weighted by molar-refractivity contribution is 8.00. The van der Waals surface area contributed by atoms with Crippen molar-refractivity contribution in [1.82, 2.24) is 20.1 Å². The maximum absolute atomic E-state index is 12.8. The van der Waals surface area contributed by atoms with Gasteiger partial charge in [0.25, 0.3) is 0 Å². The number of hydrogen-bond donors (Lipinski definition) is 1. The third-order valence-electron chi connectivity index (χ3n) is 5.02. The molecule has 0 radical (unpaired) electrons. The van der Waals surface area contributed by atoms with Gasteiger partial charge in [-0.25, -0.2) is 0 Å². The van der Waals surface area contributed by atoms with Crippen LogP contribution in [0.1, 0.15) is 55.8 Å². The molecule has 0 saturated heterocycles. The van der Waals surface area contributed by atoms with Gasteiger partial charge in [-0.3, -0.25) is 9.36 Å². The average Bonchev–Trinajstić information content (AvgIpc) is 3.27. The zero-order valence-electron chi connectivity index (χ0n) is 16.6. The number of thioether (sulfide) groups is 1. The molecule has 3 aromatic rings. The van der Waals surface area contributed by atoms with Crippen LogP contribution in [0, 0.1) is 0 Å². The van der Waals surface area contributed by atoms with Gasteiger partial charge in [0.2, 0.25) is 5.91 Å². The molecule has 1 saturated carbocycles. The summed E-state index contributed by atoms with van der Waals surface area (Å²) >= 11 is 13.6. The van der Waals surface area contributed by atoms with Crippen molar-refractivity contribution in [3.8, 4) is 0 Å². The summed E-state index contributed by atoms with van der Waals surface area (Å²) in [5.74, 6) is 2.14. The molecular formula is C21H22Cl2N4O2S. The SMILES string of the molecule is CC(Sc1nnc(C2CC2)n1Cc1ccco1)C(=O)NC(C)c1ccc(Cl)cc1Cl. The second-order valence-corrected chi connectivity index (χ2v) is 9.59. The fourth-order valence-corrected chi connectivity index (χ4v) is 4.65. The maximum Gasteiger partial charge on any atom is 0.233 e. The standard InChI is InChI=1S/C21H22Cl2N4O2S/c1-12(17-8-7-15(22)10-18(17)23)24-20(28)13(2)30-21-26-25-19(14-5-6-14)27(21)11-16-4-3-9-29-16/h3-4,7-10,12-14H,5-6,11H2,1-2H3,(H,24,28). The summed E-state index contributed by atoms with van der Waals surface area (Å²) in [5.41, 5.74) is 0.823. The molecule has 2 aromatic heterocycles. The summed E-state index contributed by atoms with van der Waals surface area (Å²) in [6, 6.07) is 8.82. The number of benzene rings is 1. The number of carbonyl (C=O) groups is 1. The molecular weight excluding hydrogens is 443 g/mol. The summed E-state index contributed by atoms with van der Waals surface area (Å²) in [4.78, 5) is 12.8. The number of nitrogens with zero attached hydrogens (tertiary/aromatic N) is 3. The van der Waals surface area contributed by atoms with E-state index in [-0.39, 0.29) is 17.2 Å². The Bertz CT molecular complexity index is 1030. The van der Waals surface area contributed by atoms with Gasteiger partial charge in [0.05, 0.1) is 24.1 Å². The van der Waals surface area contributed by atoms with Gasteiger partial charge < -0.3 is 9.73 Å². The second kappa shape index (κ2) is 9.04. The molecule has 4 rings (SSSR count). The Morgan fingerprint density at radius 2 is 2.10 bits per heavy atom. The smallest absolute Gasteiger partial charge is 0.233 e. The molecule has 158 valence electrons.